The number of nitrogens with two attached hydrogens (primary N) is 1. The Morgan fingerprint density at radius 2 is 2.07 bits per heavy atom. The molecule has 0 unspecified atom stereocenters. The number of nitrogens with one attached hydrogen (secondary N) is 2. The summed E-state index contributed by atoms with van der Waals surface area (Å²) in [6, 6.07) is 4.80. The van der Waals surface area contributed by atoms with Crippen LogP contribution in [0.3, 0.4) is 0 Å². The van der Waals surface area contributed by atoms with Gasteiger partial charge in [-0.15, -0.1) is 0 Å². The van der Waals surface area contributed by atoms with E-state index in [2.05, 4.69) is 9.72 Å². The zero-order valence-electron chi connectivity index (χ0n) is 15.2. The van der Waals surface area contributed by atoms with Gasteiger partial charge in [-0.2, -0.15) is 8.42 Å². The average Bonchev–Trinajstić information content (AvgIpc) is 2.67. The Morgan fingerprint density at radius 3 is 2.73 bits per heavy atom. The minimum Gasteiger partial charge on any atom is -0.410 e. The number of aromatic nitrogens is 2. The summed E-state index contributed by atoms with van der Waals surface area (Å²) in [6.45, 7) is -0.556. The third-order valence-electron chi connectivity index (χ3n) is 3.86. The number of nitrogens with zero attached hydrogens (tertiary/aromatic N) is 2. The molecule has 14 heteroatoms. The quantitative estimate of drug-likeness (QED) is 0.476. The number of ether oxygens (including phenoxy) is 1. The highest BCUT2D eigenvalue weighted by atomic mass is 32.2. The fourth-order valence-electron chi connectivity index (χ4n) is 2.48. The summed E-state index contributed by atoms with van der Waals surface area (Å²) in [5.74, 6) is -2.85. The summed E-state index contributed by atoms with van der Waals surface area (Å²) in [5.41, 5.74) is 3.74. The lowest BCUT2D eigenvalue weighted by molar-refractivity contribution is 0.211. The molecule has 3 aromatic rings. The molecule has 1 aromatic carbocycles. The van der Waals surface area contributed by atoms with Crippen LogP contribution in [0, 0.1) is 5.82 Å². The Bertz CT molecular complexity index is 1370. The summed E-state index contributed by atoms with van der Waals surface area (Å²) < 4.78 is 51.9. The number of benzene rings is 1. The number of rotatable bonds is 6. The van der Waals surface area contributed by atoms with Gasteiger partial charge in [-0.05, 0) is 18.2 Å². The van der Waals surface area contributed by atoms with Gasteiger partial charge in [-0.25, -0.2) is 28.3 Å². The summed E-state index contributed by atoms with van der Waals surface area (Å²) in [6.07, 6.45) is 0.00971. The van der Waals surface area contributed by atoms with Crippen LogP contribution in [-0.4, -0.2) is 31.1 Å². The number of hydrogen-bond acceptors (Lipinski definition) is 8. The van der Waals surface area contributed by atoms with E-state index < -0.39 is 45.8 Å². The van der Waals surface area contributed by atoms with Gasteiger partial charge in [0, 0.05) is 24.9 Å². The summed E-state index contributed by atoms with van der Waals surface area (Å²) in [7, 11) is -2.92. The first-order valence-corrected chi connectivity index (χ1v) is 9.59. The summed E-state index contributed by atoms with van der Waals surface area (Å²) >= 11 is 0. The number of primary amides is 1. The maximum absolute atomic E-state index is 14.7. The minimum absolute atomic E-state index is 0.0445. The van der Waals surface area contributed by atoms with Gasteiger partial charge in [0.2, 0.25) is 0 Å². The van der Waals surface area contributed by atoms with Crippen LogP contribution in [0.5, 0.6) is 5.75 Å². The molecule has 0 bridgehead atoms. The van der Waals surface area contributed by atoms with Crippen molar-refractivity contribution in [1.29, 1.82) is 0 Å². The predicted molar refractivity (Wildman–Crippen MR) is 102 cm³/mol. The molecule has 12 nitrogen and oxygen atoms in total. The number of amides is 1. The van der Waals surface area contributed by atoms with Crippen molar-refractivity contribution in [3.05, 3.63) is 62.7 Å². The van der Waals surface area contributed by atoms with E-state index >= 15 is 0 Å². The van der Waals surface area contributed by atoms with Crippen LogP contribution in [0.4, 0.5) is 15.0 Å². The number of halogens is 1. The van der Waals surface area contributed by atoms with Crippen molar-refractivity contribution in [2.45, 2.75) is 6.54 Å². The van der Waals surface area contributed by atoms with Gasteiger partial charge >= 0.3 is 11.8 Å². The van der Waals surface area contributed by atoms with Crippen molar-refractivity contribution in [3.8, 4) is 5.75 Å². The SMILES string of the molecule is CNS(=O)(=O)Nc1nccc(Cn2c(=O)oc3cc(OC(N)=O)ccc3c2=O)c1F. The molecule has 0 saturated heterocycles. The topological polar surface area (TPSA) is 176 Å². The van der Waals surface area contributed by atoms with Crippen molar-refractivity contribution in [1.82, 2.24) is 14.3 Å². The zero-order chi connectivity index (χ0) is 22.1. The van der Waals surface area contributed by atoms with Crippen LogP contribution in [0.15, 0.2) is 44.5 Å². The lowest BCUT2D eigenvalue weighted by Crippen LogP contribution is -2.33. The van der Waals surface area contributed by atoms with E-state index in [0.29, 0.717) is 4.57 Å². The average molecular weight is 439 g/mol. The van der Waals surface area contributed by atoms with Gasteiger partial charge in [-0.1, -0.05) is 0 Å². The van der Waals surface area contributed by atoms with Crippen molar-refractivity contribution in [2.24, 2.45) is 5.73 Å². The highest BCUT2D eigenvalue weighted by Gasteiger charge is 2.18. The Labute approximate surface area is 167 Å². The van der Waals surface area contributed by atoms with Gasteiger partial charge < -0.3 is 14.9 Å². The highest BCUT2D eigenvalue weighted by molar-refractivity contribution is 7.90. The highest BCUT2D eigenvalue weighted by Crippen LogP contribution is 2.19. The normalized spacial score (nSPS) is 11.4. The number of anilines is 1. The first-order valence-electron chi connectivity index (χ1n) is 8.11. The minimum atomic E-state index is -4.04. The standard InChI is InChI=1S/C16H14FN5O7S/c1-19-30(26,27)21-13-12(17)8(4-5-20-13)7-22-14(23)10-3-2-9(28-15(18)24)6-11(10)29-16(22)25/h2-6,19H,7H2,1H3,(H2,18,24)(H,20,21). The third-order valence-corrected chi connectivity index (χ3v) is 4.86. The van der Waals surface area contributed by atoms with Gasteiger partial charge in [-0.3, -0.25) is 9.52 Å². The van der Waals surface area contributed by atoms with E-state index in [1.165, 1.54) is 18.2 Å². The molecule has 2 heterocycles. The van der Waals surface area contributed by atoms with Gasteiger partial charge in [0.25, 0.3) is 15.8 Å². The number of pyridine rings is 1. The van der Waals surface area contributed by atoms with Crippen LogP contribution in [0.2, 0.25) is 0 Å². The molecule has 0 saturated carbocycles. The fraction of sp³-hybridized carbons (Fsp3) is 0.125. The van der Waals surface area contributed by atoms with Gasteiger partial charge in [0.15, 0.2) is 11.6 Å². The Hall–Kier alpha value is -3.78. The number of fused-ring (bicyclic) bond motifs is 1. The second-order valence-corrected chi connectivity index (χ2v) is 7.40. The number of hydrogen-bond donors (Lipinski definition) is 3. The second-order valence-electron chi connectivity index (χ2n) is 5.78. The first-order chi connectivity index (χ1) is 14.1. The maximum atomic E-state index is 14.7. The Morgan fingerprint density at radius 1 is 1.33 bits per heavy atom. The molecule has 30 heavy (non-hydrogen) atoms. The van der Waals surface area contributed by atoms with Crippen LogP contribution in [-0.2, 0) is 16.8 Å². The van der Waals surface area contributed by atoms with E-state index in [9.17, 15) is 27.2 Å². The molecule has 158 valence electrons. The fourth-order valence-corrected chi connectivity index (χ4v) is 2.98. The second kappa shape index (κ2) is 7.92. The molecular weight excluding hydrogens is 425 g/mol. The molecule has 0 atom stereocenters. The monoisotopic (exact) mass is 439 g/mol. The van der Waals surface area contributed by atoms with Crippen molar-refractivity contribution in [2.75, 3.05) is 11.8 Å². The van der Waals surface area contributed by atoms with Crippen LogP contribution >= 0.6 is 0 Å². The van der Waals surface area contributed by atoms with E-state index in [0.717, 1.165) is 19.3 Å². The predicted octanol–water partition coefficient (Wildman–Crippen LogP) is -0.129. The molecule has 4 N–H and O–H groups in total. The summed E-state index contributed by atoms with van der Waals surface area (Å²) in [5, 5.41) is -0.0445. The van der Waals surface area contributed by atoms with E-state index in [1.54, 1.807) is 0 Å². The Balaban J connectivity index is 2.03. The maximum Gasteiger partial charge on any atom is 0.422 e. The largest absolute Gasteiger partial charge is 0.422 e. The number of carbonyl (C=O) groups excluding carboxylic acids is 1. The van der Waals surface area contributed by atoms with Crippen molar-refractivity contribution < 1.29 is 26.8 Å². The summed E-state index contributed by atoms with van der Waals surface area (Å²) in [4.78, 5) is 39.3. The molecule has 0 aliphatic heterocycles. The van der Waals surface area contributed by atoms with Gasteiger partial charge in [0.1, 0.15) is 11.3 Å². The van der Waals surface area contributed by atoms with Gasteiger partial charge in [0.05, 0.1) is 11.9 Å². The van der Waals surface area contributed by atoms with Crippen molar-refractivity contribution >= 4 is 33.1 Å². The number of carbonyl (C=O) groups is 1. The third kappa shape index (κ3) is 4.28. The molecule has 0 aliphatic rings. The molecule has 0 fully saturated rings. The lowest BCUT2D eigenvalue weighted by Gasteiger charge is -2.10. The molecule has 0 radical (unpaired) electrons. The lowest BCUT2D eigenvalue weighted by atomic mass is 10.2. The van der Waals surface area contributed by atoms with Crippen LogP contribution in [0.25, 0.3) is 11.0 Å². The molecular formula is C16H14FN5O7S. The molecule has 1 amide bonds. The van der Waals surface area contributed by atoms with E-state index in [1.807, 2.05) is 9.44 Å². The molecule has 0 spiro atoms. The molecule has 0 aliphatic carbocycles. The zero-order valence-corrected chi connectivity index (χ0v) is 16.0. The molecule has 2 aromatic heterocycles. The van der Waals surface area contributed by atoms with Crippen LogP contribution in [0.1, 0.15) is 5.56 Å². The van der Waals surface area contributed by atoms with Crippen LogP contribution < -0.4 is 31.2 Å². The first kappa shape index (κ1) is 20.9. The van der Waals surface area contributed by atoms with E-state index in [4.69, 9.17) is 10.2 Å². The smallest absolute Gasteiger partial charge is 0.410 e. The molecule has 3 rings (SSSR count). The van der Waals surface area contributed by atoms with E-state index in [-0.39, 0.29) is 22.3 Å². The van der Waals surface area contributed by atoms with Crippen molar-refractivity contribution in [3.63, 3.8) is 0 Å². The Kier molecular flexibility index (Phi) is 5.53.